The van der Waals surface area contributed by atoms with Crippen LogP contribution in [0.3, 0.4) is 0 Å². The zero-order valence-corrected chi connectivity index (χ0v) is 14.2. The number of nitrogens with one attached hydrogen (secondary N) is 1. The fourth-order valence-corrected chi connectivity index (χ4v) is 3.44. The zero-order valence-electron chi connectivity index (χ0n) is 14.2. The van der Waals surface area contributed by atoms with Crippen molar-refractivity contribution in [2.24, 2.45) is 17.3 Å². The summed E-state index contributed by atoms with van der Waals surface area (Å²) in [5.74, 6) is 0.601. The minimum absolute atomic E-state index is 0.0186. The largest absolute Gasteiger partial charge is 0.353 e. The van der Waals surface area contributed by atoms with Crippen LogP contribution in [-0.2, 0) is 14.3 Å². The summed E-state index contributed by atoms with van der Waals surface area (Å²) in [5.41, 5.74) is 0.363. The van der Waals surface area contributed by atoms with Gasteiger partial charge in [-0.3, -0.25) is 4.79 Å². The van der Waals surface area contributed by atoms with Gasteiger partial charge in [-0.2, -0.15) is 0 Å². The molecule has 1 aliphatic carbocycles. The van der Waals surface area contributed by atoms with Crippen molar-refractivity contribution in [1.82, 2.24) is 5.32 Å². The molecule has 122 valence electrons. The van der Waals surface area contributed by atoms with E-state index in [0.29, 0.717) is 18.6 Å². The third kappa shape index (κ3) is 4.68. The van der Waals surface area contributed by atoms with Crippen molar-refractivity contribution in [3.05, 3.63) is 0 Å². The van der Waals surface area contributed by atoms with E-state index in [1.54, 1.807) is 0 Å². The molecule has 1 saturated heterocycles. The molecule has 1 amide bonds. The molecule has 1 N–H and O–H groups in total. The molecule has 4 heteroatoms. The number of hydrogen-bond acceptors (Lipinski definition) is 3. The van der Waals surface area contributed by atoms with Gasteiger partial charge in [-0.05, 0) is 50.9 Å². The second-order valence-electron chi connectivity index (χ2n) is 8.11. The van der Waals surface area contributed by atoms with Gasteiger partial charge >= 0.3 is 0 Å². The van der Waals surface area contributed by atoms with E-state index in [2.05, 4.69) is 26.1 Å². The van der Waals surface area contributed by atoms with Crippen LogP contribution in [0.2, 0.25) is 0 Å². The van der Waals surface area contributed by atoms with Gasteiger partial charge in [0.25, 0.3) is 0 Å². The monoisotopic (exact) mass is 297 g/mol. The summed E-state index contributed by atoms with van der Waals surface area (Å²) in [6.45, 7) is 11.8. The van der Waals surface area contributed by atoms with Crippen LogP contribution in [0, 0.1) is 17.3 Å². The molecule has 2 rings (SSSR count). The van der Waals surface area contributed by atoms with Gasteiger partial charge in [0, 0.05) is 12.5 Å². The van der Waals surface area contributed by atoms with E-state index >= 15 is 0 Å². The molecule has 0 aromatic rings. The van der Waals surface area contributed by atoms with Crippen molar-refractivity contribution < 1.29 is 14.3 Å². The standard InChI is InChI=1S/C17H31NO3/c1-16(2,3)13-8-6-12(7-9-13)15(19)18-10-14-11-20-17(4,5)21-14/h12-14H,6-11H2,1-5H3,(H,18,19). The van der Waals surface area contributed by atoms with Gasteiger partial charge in [-0.15, -0.1) is 0 Å². The van der Waals surface area contributed by atoms with Crippen LogP contribution in [0.1, 0.15) is 60.3 Å². The lowest BCUT2D eigenvalue weighted by molar-refractivity contribution is -0.140. The highest BCUT2D eigenvalue weighted by molar-refractivity contribution is 5.78. The van der Waals surface area contributed by atoms with Crippen molar-refractivity contribution in [2.75, 3.05) is 13.2 Å². The number of carbonyl (C=O) groups excluding carboxylic acids is 1. The van der Waals surface area contributed by atoms with E-state index in [0.717, 1.165) is 31.6 Å². The second-order valence-corrected chi connectivity index (χ2v) is 8.11. The third-order valence-electron chi connectivity index (χ3n) is 4.89. The van der Waals surface area contributed by atoms with Crippen molar-refractivity contribution >= 4 is 5.91 Å². The van der Waals surface area contributed by atoms with Gasteiger partial charge in [-0.1, -0.05) is 20.8 Å². The average molecular weight is 297 g/mol. The molecule has 0 bridgehead atoms. The Balaban J connectivity index is 1.71. The molecular weight excluding hydrogens is 266 g/mol. The number of rotatable bonds is 3. The summed E-state index contributed by atoms with van der Waals surface area (Å²) in [6, 6.07) is 0. The first-order valence-electron chi connectivity index (χ1n) is 8.27. The predicted molar refractivity (Wildman–Crippen MR) is 82.8 cm³/mol. The fraction of sp³-hybridized carbons (Fsp3) is 0.941. The van der Waals surface area contributed by atoms with Gasteiger partial charge in [0.05, 0.1) is 6.61 Å². The van der Waals surface area contributed by atoms with Gasteiger partial charge in [0.1, 0.15) is 6.10 Å². The second kappa shape index (κ2) is 6.25. The first-order chi connectivity index (χ1) is 9.67. The van der Waals surface area contributed by atoms with E-state index in [4.69, 9.17) is 9.47 Å². The Morgan fingerprint density at radius 1 is 1.19 bits per heavy atom. The van der Waals surface area contributed by atoms with Crippen LogP contribution >= 0.6 is 0 Å². The molecular formula is C17H31NO3. The lowest BCUT2D eigenvalue weighted by Gasteiger charge is -2.36. The van der Waals surface area contributed by atoms with Crippen LogP contribution < -0.4 is 5.32 Å². The topological polar surface area (TPSA) is 47.6 Å². The first kappa shape index (κ1) is 16.8. The van der Waals surface area contributed by atoms with E-state index in [-0.39, 0.29) is 17.9 Å². The number of carbonyl (C=O) groups is 1. The maximum absolute atomic E-state index is 12.3. The predicted octanol–water partition coefficient (Wildman–Crippen LogP) is 3.11. The van der Waals surface area contributed by atoms with Crippen LogP contribution in [-0.4, -0.2) is 30.9 Å². The van der Waals surface area contributed by atoms with E-state index < -0.39 is 5.79 Å². The van der Waals surface area contributed by atoms with E-state index in [9.17, 15) is 4.79 Å². The molecule has 1 atom stereocenters. The summed E-state index contributed by atoms with van der Waals surface area (Å²) < 4.78 is 11.2. The molecule has 1 heterocycles. The minimum atomic E-state index is -0.514. The molecule has 1 aliphatic heterocycles. The average Bonchev–Trinajstić information content (AvgIpc) is 2.75. The van der Waals surface area contributed by atoms with Crippen molar-refractivity contribution in [1.29, 1.82) is 0 Å². The molecule has 0 spiro atoms. The van der Waals surface area contributed by atoms with Crippen LogP contribution in [0.4, 0.5) is 0 Å². The molecule has 0 aromatic carbocycles. The quantitative estimate of drug-likeness (QED) is 0.870. The van der Waals surface area contributed by atoms with Gasteiger partial charge in [0.2, 0.25) is 5.91 Å². The summed E-state index contributed by atoms with van der Waals surface area (Å²) in [4.78, 5) is 12.3. The SMILES string of the molecule is CC1(C)OCC(CNC(=O)C2CCC(C(C)(C)C)CC2)O1. The number of amides is 1. The van der Waals surface area contributed by atoms with Gasteiger partial charge in [-0.25, -0.2) is 0 Å². The summed E-state index contributed by atoms with van der Waals surface area (Å²) in [6.07, 6.45) is 4.34. The third-order valence-corrected chi connectivity index (χ3v) is 4.89. The molecule has 2 fully saturated rings. The number of hydrogen-bond donors (Lipinski definition) is 1. The van der Waals surface area contributed by atoms with E-state index in [1.165, 1.54) is 0 Å². The summed E-state index contributed by atoms with van der Waals surface area (Å²) in [7, 11) is 0. The Morgan fingerprint density at radius 2 is 1.81 bits per heavy atom. The molecule has 1 unspecified atom stereocenters. The van der Waals surface area contributed by atoms with Crippen LogP contribution in [0.5, 0.6) is 0 Å². The van der Waals surface area contributed by atoms with Crippen LogP contribution in [0.15, 0.2) is 0 Å². The molecule has 1 saturated carbocycles. The van der Waals surface area contributed by atoms with Crippen molar-refractivity contribution in [3.63, 3.8) is 0 Å². The minimum Gasteiger partial charge on any atom is -0.353 e. The Morgan fingerprint density at radius 3 is 2.29 bits per heavy atom. The van der Waals surface area contributed by atoms with Crippen molar-refractivity contribution in [3.8, 4) is 0 Å². The van der Waals surface area contributed by atoms with Crippen LogP contribution in [0.25, 0.3) is 0 Å². The van der Waals surface area contributed by atoms with Crippen molar-refractivity contribution in [2.45, 2.75) is 72.2 Å². The molecule has 21 heavy (non-hydrogen) atoms. The normalized spacial score (nSPS) is 32.9. The van der Waals surface area contributed by atoms with Gasteiger partial charge < -0.3 is 14.8 Å². The lowest BCUT2D eigenvalue weighted by Crippen LogP contribution is -2.39. The first-order valence-corrected chi connectivity index (χ1v) is 8.27. The summed E-state index contributed by atoms with van der Waals surface area (Å²) in [5, 5.41) is 3.04. The molecule has 0 aromatic heterocycles. The van der Waals surface area contributed by atoms with Gasteiger partial charge in [0.15, 0.2) is 5.79 Å². The molecule has 4 nitrogen and oxygen atoms in total. The maximum Gasteiger partial charge on any atom is 0.223 e. The fourth-order valence-electron chi connectivity index (χ4n) is 3.44. The highest BCUT2D eigenvalue weighted by atomic mass is 16.7. The zero-order chi connectivity index (χ0) is 15.7. The molecule has 0 radical (unpaired) electrons. The Labute approximate surface area is 129 Å². The lowest BCUT2D eigenvalue weighted by atomic mass is 9.69. The Hall–Kier alpha value is -0.610. The Bertz CT molecular complexity index is 365. The highest BCUT2D eigenvalue weighted by Crippen LogP contribution is 2.39. The Kier molecular flexibility index (Phi) is 4.99. The maximum atomic E-state index is 12.3. The summed E-state index contributed by atoms with van der Waals surface area (Å²) >= 11 is 0. The molecule has 2 aliphatic rings. The number of ether oxygens (including phenoxy) is 2. The smallest absolute Gasteiger partial charge is 0.223 e. The van der Waals surface area contributed by atoms with E-state index in [1.807, 2.05) is 13.8 Å². The highest BCUT2D eigenvalue weighted by Gasteiger charge is 2.35.